The highest BCUT2D eigenvalue weighted by Crippen LogP contribution is 2.42. The van der Waals surface area contributed by atoms with Gasteiger partial charge in [-0.2, -0.15) is 0 Å². The van der Waals surface area contributed by atoms with Crippen molar-refractivity contribution in [2.45, 2.75) is 122 Å². The molecule has 1 aliphatic carbocycles. The molecule has 1 atom stereocenters. The number of carboxylic acid groups (broad SMARTS) is 1. The van der Waals surface area contributed by atoms with Crippen LogP contribution in [-0.2, 0) is 32.6 Å². The topological polar surface area (TPSA) is 195 Å². The molecule has 0 bridgehead atoms. The number of carbonyl (C=O) groups excluding carboxylic acids is 1. The first-order valence-corrected chi connectivity index (χ1v) is 17.7. The van der Waals surface area contributed by atoms with Crippen molar-refractivity contribution in [2.75, 3.05) is 6.54 Å². The van der Waals surface area contributed by atoms with Crippen LogP contribution >= 0.6 is 0 Å². The van der Waals surface area contributed by atoms with Gasteiger partial charge in [0.15, 0.2) is 0 Å². The number of sulfonamides is 1. The van der Waals surface area contributed by atoms with E-state index < -0.39 is 28.1 Å². The lowest BCUT2D eigenvalue weighted by Crippen LogP contribution is -2.41. The minimum absolute atomic E-state index is 0.00762. The molecule has 0 spiro atoms. The molecule has 260 valence electrons. The van der Waals surface area contributed by atoms with Gasteiger partial charge in [-0.1, -0.05) is 49.6 Å². The van der Waals surface area contributed by atoms with Crippen LogP contribution in [0.1, 0.15) is 93.0 Å². The van der Waals surface area contributed by atoms with Gasteiger partial charge in [0, 0.05) is 12.6 Å². The largest absolute Gasteiger partial charge is 0.487 e. The Bertz CT molecular complexity index is 1520. The molecule has 2 aromatic carbocycles. The van der Waals surface area contributed by atoms with Crippen molar-refractivity contribution in [1.29, 1.82) is 0 Å². The number of nitrogens with one attached hydrogen (secondary N) is 2. The van der Waals surface area contributed by atoms with Gasteiger partial charge in [0.25, 0.3) is 10.0 Å². The van der Waals surface area contributed by atoms with Crippen molar-refractivity contribution in [3.8, 4) is 5.75 Å². The summed E-state index contributed by atoms with van der Waals surface area (Å²) in [6, 6.07) is 8.33. The van der Waals surface area contributed by atoms with Crippen LogP contribution in [0.5, 0.6) is 5.75 Å². The van der Waals surface area contributed by atoms with Crippen molar-refractivity contribution >= 4 is 28.0 Å². The molecule has 0 aromatic heterocycles. The highest BCUT2D eigenvalue weighted by molar-refractivity contribution is 7.90. The van der Waals surface area contributed by atoms with Crippen molar-refractivity contribution < 1.29 is 32.6 Å². The van der Waals surface area contributed by atoms with Crippen molar-refractivity contribution in [3.63, 3.8) is 0 Å². The lowest BCUT2D eigenvalue weighted by molar-refractivity contribution is -0.139. The van der Waals surface area contributed by atoms with Gasteiger partial charge < -0.3 is 31.4 Å². The number of hydrogen-bond acceptors (Lipinski definition) is 8. The van der Waals surface area contributed by atoms with Crippen LogP contribution in [0, 0.1) is 20.8 Å². The van der Waals surface area contributed by atoms with Gasteiger partial charge in [0.05, 0.1) is 4.90 Å². The number of aliphatic imine (C=N–C) groups is 1. The predicted octanol–water partition coefficient (Wildman–Crippen LogP) is 4.75. The van der Waals surface area contributed by atoms with E-state index in [-0.39, 0.29) is 42.4 Å². The maximum absolute atomic E-state index is 13.3. The number of carbonyl (C=O) groups is 2. The van der Waals surface area contributed by atoms with Crippen LogP contribution in [0.25, 0.3) is 0 Å². The number of nitrogens with zero attached hydrogens (tertiary/aromatic N) is 1. The fourth-order valence-corrected chi connectivity index (χ4v) is 7.29. The number of carboxylic acids is 1. The fourth-order valence-electron chi connectivity index (χ4n) is 5.77. The Kier molecular flexibility index (Phi) is 13.5. The molecule has 1 heterocycles. The van der Waals surface area contributed by atoms with Gasteiger partial charge in [-0.05, 0) is 101 Å². The standard InChI is InChI=1S/C28H38N4O7S.C6H13N/c1-17-18(2)24(19(3)21-13-14-28(4,5)39-23(17)21)40(36,37)32-26(29)30-15-9-12-22(25(33)34)31-27(35)38-16-20-10-7-6-8-11-20;7-6-4-2-1-3-5-6/h6-8,10-11,22H,9,12-16H2,1-5H3,(H,31,35)(H,33,34)(H3,29,30,32);6H,1-5,7H2. The third kappa shape index (κ3) is 11.1. The molecule has 4 rings (SSSR count). The summed E-state index contributed by atoms with van der Waals surface area (Å²) < 4.78 is 40.2. The van der Waals surface area contributed by atoms with E-state index in [1.165, 1.54) is 32.1 Å². The number of ether oxygens (including phenoxy) is 2. The minimum Gasteiger partial charge on any atom is -0.487 e. The molecule has 1 fully saturated rings. The molecule has 2 aromatic rings. The summed E-state index contributed by atoms with van der Waals surface area (Å²) in [5, 5.41) is 11.8. The average molecular weight is 674 g/mol. The van der Waals surface area contributed by atoms with Gasteiger partial charge in [-0.15, -0.1) is 0 Å². The SMILES string of the molecule is Cc1c(C)c(S(=O)(=O)NC(N)=NCCCC(NC(=O)OCc2ccccc2)C(=O)O)c(C)c2c1OC(C)(C)CC2.NC1CCCCC1. The molecule has 1 saturated carbocycles. The lowest BCUT2D eigenvalue weighted by atomic mass is 9.88. The second-order valence-corrected chi connectivity index (χ2v) is 14.5. The van der Waals surface area contributed by atoms with Crippen LogP contribution in [0.2, 0.25) is 0 Å². The molecule has 0 radical (unpaired) electrons. The molecule has 1 aliphatic heterocycles. The summed E-state index contributed by atoms with van der Waals surface area (Å²) in [5.74, 6) is -0.804. The maximum atomic E-state index is 13.3. The number of nitrogens with two attached hydrogens (primary N) is 2. The first-order chi connectivity index (χ1) is 22.1. The van der Waals surface area contributed by atoms with E-state index in [0.717, 1.165) is 28.9 Å². The number of benzene rings is 2. The van der Waals surface area contributed by atoms with Crippen LogP contribution in [0.4, 0.5) is 4.79 Å². The summed E-state index contributed by atoms with van der Waals surface area (Å²) in [6.07, 6.45) is 7.53. The highest BCUT2D eigenvalue weighted by atomic mass is 32.2. The smallest absolute Gasteiger partial charge is 0.408 e. The highest BCUT2D eigenvalue weighted by Gasteiger charge is 2.33. The second-order valence-electron chi connectivity index (χ2n) is 12.9. The van der Waals surface area contributed by atoms with Crippen molar-refractivity contribution in [2.24, 2.45) is 16.5 Å². The van der Waals surface area contributed by atoms with Gasteiger partial charge in [-0.3, -0.25) is 4.99 Å². The van der Waals surface area contributed by atoms with E-state index in [4.69, 9.17) is 20.9 Å². The minimum atomic E-state index is -4.05. The molecule has 2 aliphatic rings. The number of alkyl carbamates (subject to hydrolysis) is 1. The zero-order valence-electron chi connectivity index (χ0n) is 28.2. The summed E-state index contributed by atoms with van der Waals surface area (Å²) in [5.41, 5.74) is 14.8. The molecule has 1 amide bonds. The Morgan fingerprint density at radius 1 is 1.09 bits per heavy atom. The molecule has 1 unspecified atom stereocenters. The van der Waals surface area contributed by atoms with Crippen molar-refractivity contribution in [3.05, 3.63) is 58.1 Å². The first-order valence-electron chi connectivity index (χ1n) is 16.2. The number of hydrogen-bond donors (Lipinski definition) is 5. The molecular formula is C34H51N5O7S. The average Bonchev–Trinajstić information content (AvgIpc) is 3.00. The van der Waals surface area contributed by atoms with Gasteiger partial charge in [0.1, 0.15) is 24.0 Å². The number of guanidine groups is 1. The van der Waals surface area contributed by atoms with Gasteiger partial charge in [0.2, 0.25) is 5.96 Å². The molecular weight excluding hydrogens is 622 g/mol. The Labute approximate surface area is 278 Å². The number of rotatable bonds is 10. The summed E-state index contributed by atoms with van der Waals surface area (Å²) in [4.78, 5) is 27.8. The number of aliphatic carboxylic acids is 1. The molecule has 0 saturated heterocycles. The normalized spacial score (nSPS) is 16.9. The fraction of sp³-hybridized carbons (Fsp3) is 0.559. The Hall–Kier alpha value is -3.84. The Morgan fingerprint density at radius 2 is 1.74 bits per heavy atom. The van der Waals surface area contributed by atoms with E-state index in [1.54, 1.807) is 38.1 Å². The van der Waals surface area contributed by atoms with Crippen molar-refractivity contribution in [1.82, 2.24) is 10.0 Å². The molecule has 7 N–H and O–H groups in total. The number of fused-ring (bicyclic) bond motifs is 1. The Morgan fingerprint density at radius 3 is 2.34 bits per heavy atom. The van der Waals surface area contributed by atoms with Gasteiger partial charge >= 0.3 is 12.1 Å². The summed E-state index contributed by atoms with van der Waals surface area (Å²) >= 11 is 0. The second kappa shape index (κ2) is 16.8. The van der Waals surface area contributed by atoms with E-state index in [2.05, 4.69) is 15.0 Å². The quantitative estimate of drug-likeness (QED) is 0.134. The zero-order chi connectivity index (χ0) is 34.8. The van der Waals surface area contributed by atoms with E-state index in [9.17, 15) is 23.1 Å². The predicted molar refractivity (Wildman–Crippen MR) is 182 cm³/mol. The molecule has 47 heavy (non-hydrogen) atoms. The molecule has 12 nitrogen and oxygen atoms in total. The lowest BCUT2D eigenvalue weighted by Gasteiger charge is -2.35. The van der Waals surface area contributed by atoms with E-state index >= 15 is 0 Å². The van der Waals surface area contributed by atoms with Crippen LogP contribution < -0.4 is 26.2 Å². The van der Waals surface area contributed by atoms with Gasteiger partial charge in [-0.25, -0.2) is 22.7 Å². The van der Waals surface area contributed by atoms with Crippen LogP contribution in [-0.4, -0.2) is 55.8 Å². The third-order valence-electron chi connectivity index (χ3n) is 8.56. The third-order valence-corrected chi connectivity index (χ3v) is 10.2. The summed E-state index contributed by atoms with van der Waals surface area (Å²) in [6.45, 7) is 9.41. The number of amides is 1. The summed E-state index contributed by atoms with van der Waals surface area (Å²) in [7, 11) is -4.05. The maximum Gasteiger partial charge on any atom is 0.408 e. The zero-order valence-corrected chi connectivity index (χ0v) is 29.0. The van der Waals surface area contributed by atoms with Crippen LogP contribution in [0.15, 0.2) is 40.2 Å². The first kappa shape index (κ1) is 37.6. The molecule has 13 heteroatoms. The van der Waals surface area contributed by atoms with E-state index in [0.29, 0.717) is 23.6 Å². The van der Waals surface area contributed by atoms with E-state index in [1.807, 2.05) is 26.8 Å². The van der Waals surface area contributed by atoms with Crippen LogP contribution in [0.3, 0.4) is 0 Å². The monoisotopic (exact) mass is 673 g/mol. The Balaban J connectivity index is 0.000000756.